The number of fused-ring (bicyclic) bond motifs is 1. The Labute approximate surface area is 161 Å². The van der Waals surface area contributed by atoms with Crippen molar-refractivity contribution >= 4 is 34.2 Å². The van der Waals surface area contributed by atoms with Crippen molar-refractivity contribution in [3.8, 4) is 0 Å². The molecule has 2 N–H and O–H groups in total. The monoisotopic (exact) mass is 388 g/mol. The van der Waals surface area contributed by atoms with Crippen molar-refractivity contribution in [2.75, 3.05) is 18.5 Å². The summed E-state index contributed by atoms with van der Waals surface area (Å²) in [4.78, 5) is 19.9. The lowest BCUT2D eigenvalue weighted by Crippen LogP contribution is -2.18. The van der Waals surface area contributed by atoms with E-state index in [9.17, 15) is 4.79 Å². The molecular weight excluding hydrogens is 364 g/mol. The van der Waals surface area contributed by atoms with Gasteiger partial charge in [-0.05, 0) is 38.0 Å². The quantitative estimate of drug-likeness (QED) is 0.682. The van der Waals surface area contributed by atoms with Crippen molar-refractivity contribution in [2.24, 2.45) is 0 Å². The van der Waals surface area contributed by atoms with Crippen LogP contribution in [0.2, 0.25) is 0 Å². The third-order valence-corrected chi connectivity index (χ3v) is 5.66. The first kappa shape index (κ1) is 19.4. The van der Waals surface area contributed by atoms with Gasteiger partial charge in [0.05, 0.1) is 22.3 Å². The van der Waals surface area contributed by atoms with E-state index < -0.39 is 0 Å². The molecule has 0 unspecified atom stereocenters. The molecule has 0 bridgehead atoms. The van der Waals surface area contributed by atoms with Crippen molar-refractivity contribution < 1.29 is 9.26 Å². The highest BCUT2D eigenvalue weighted by molar-refractivity contribution is 7.99. The lowest BCUT2D eigenvalue weighted by molar-refractivity contribution is 0.1000. The average molecular weight is 388 g/mol. The summed E-state index contributed by atoms with van der Waals surface area (Å²) in [5.74, 6) is 1.95. The molecule has 1 aromatic carbocycles. The summed E-state index contributed by atoms with van der Waals surface area (Å²) < 4.78 is 10.6. The second-order valence-electron chi connectivity index (χ2n) is 6.32. The van der Waals surface area contributed by atoms with Crippen LogP contribution in [-0.4, -0.2) is 33.6 Å². The lowest BCUT2D eigenvalue weighted by atomic mass is 10.2. The molecule has 144 valence electrons. The van der Waals surface area contributed by atoms with Crippen molar-refractivity contribution in [3.63, 3.8) is 0 Å². The number of anilines is 2. The minimum absolute atomic E-state index is 0. The third kappa shape index (κ3) is 4.70. The average Bonchev–Trinajstić information content (AvgIpc) is 3.05. The van der Waals surface area contributed by atoms with Gasteiger partial charge in [-0.2, -0.15) is 11.8 Å². The van der Waals surface area contributed by atoms with Crippen molar-refractivity contribution in [2.45, 2.75) is 38.2 Å². The van der Waals surface area contributed by atoms with Crippen LogP contribution in [0.25, 0.3) is 10.9 Å². The summed E-state index contributed by atoms with van der Waals surface area (Å²) in [5.41, 5.74) is 2.15. The van der Waals surface area contributed by atoms with Gasteiger partial charge in [-0.1, -0.05) is 12.6 Å². The van der Waals surface area contributed by atoms with E-state index >= 15 is 0 Å². The van der Waals surface area contributed by atoms with Crippen molar-refractivity contribution in [1.82, 2.24) is 15.1 Å². The van der Waals surface area contributed by atoms with Crippen LogP contribution in [-0.2, 0) is 10.5 Å². The highest BCUT2D eigenvalue weighted by atomic mass is 32.2. The van der Waals surface area contributed by atoms with Gasteiger partial charge >= 0.3 is 0 Å². The first-order valence-corrected chi connectivity index (χ1v) is 9.65. The van der Waals surface area contributed by atoms with Crippen LogP contribution < -0.4 is 10.9 Å². The molecule has 0 aliphatic carbocycles. The molecule has 2 aromatic heterocycles. The predicted octanol–water partition coefficient (Wildman–Crippen LogP) is 4.01. The third-order valence-electron chi connectivity index (χ3n) is 4.28. The maximum Gasteiger partial charge on any atom is 0.258 e. The van der Waals surface area contributed by atoms with Gasteiger partial charge in [0.25, 0.3) is 5.56 Å². The second kappa shape index (κ2) is 8.58. The van der Waals surface area contributed by atoms with Gasteiger partial charge in [-0.15, -0.1) is 0 Å². The zero-order valence-corrected chi connectivity index (χ0v) is 15.3. The Morgan fingerprint density at radius 3 is 2.85 bits per heavy atom. The van der Waals surface area contributed by atoms with E-state index in [0.717, 1.165) is 37.4 Å². The molecule has 1 fully saturated rings. The van der Waals surface area contributed by atoms with Crippen LogP contribution >= 0.6 is 11.8 Å². The standard InChI is InChI=1S/C18H20N4O3S.CH4/c1-11-8-17(25-22-11)19-12-2-3-14-15(9-12)20-16(21-18(14)23)10-26-13-4-6-24-7-5-13;/h2-3,8-9,13,19H,4-7,10H2,1H3,(H,20,21,23);1H4. The number of rotatable bonds is 5. The van der Waals surface area contributed by atoms with Crippen LogP contribution in [0.4, 0.5) is 11.6 Å². The molecule has 0 amide bonds. The smallest absolute Gasteiger partial charge is 0.258 e. The molecule has 1 aliphatic rings. The van der Waals surface area contributed by atoms with Gasteiger partial charge in [0, 0.05) is 30.2 Å². The number of hydrogen-bond acceptors (Lipinski definition) is 7. The van der Waals surface area contributed by atoms with E-state index in [2.05, 4.69) is 20.4 Å². The summed E-state index contributed by atoms with van der Waals surface area (Å²) in [6.45, 7) is 3.49. The van der Waals surface area contributed by atoms with Gasteiger partial charge < -0.3 is 19.6 Å². The number of hydrogen-bond donors (Lipinski definition) is 2. The molecular formula is C19H24N4O3S. The Morgan fingerprint density at radius 2 is 2.11 bits per heavy atom. The van der Waals surface area contributed by atoms with Gasteiger partial charge in [0.1, 0.15) is 5.82 Å². The van der Waals surface area contributed by atoms with E-state index in [-0.39, 0.29) is 13.0 Å². The summed E-state index contributed by atoms with van der Waals surface area (Å²) >= 11 is 1.83. The Morgan fingerprint density at radius 1 is 1.30 bits per heavy atom. The largest absolute Gasteiger partial charge is 0.381 e. The molecule has 0 saturated carbocycles. The lowest BCUT2D eigenvalue weighted by Gasteiger charge is -2.21. The SMILES string of the molecule is C.Cc1cc(Nc2ccc3c(=O)[nH]c(CSC4CCOCC4)nc3c2)on1. The van der Waals surface area contributed by atoms with E-state index in [1.54, 1.807) is 6.07 Å². The Hall–Kier alpha value is -2.32. The zero-order chi connectivity index (χ0) is 17.9. The fourth-order valence-electron chi connectivity index (χ4n) is 2.94. The number of aromatic amines is 1. The van der Waals surface area contributed by atoms with Gasteiger partial charge in [0.15, 0.2) is 0 Å². The van der Waals surface area contributed by atoms with Gasteiger partial charge in [-0.3, -0.25) is 4.79 Å². The van der Waals surface area contributed by atoms with Gasteiger partial charge in [0.2, 0.25) is 5.88 Å². The van der Waals surface area contributed by atoms with Crippen LogP contribution in [0, 0.1) is 6.92 Å². The highest BCUT2D eigenvalue weighted by Gasteiger charge is 2.15. The first-order valence-electron chi connectivity index (χ1n) is 8.60. The predicted molar refractivity (Wildman–Crippen MR) is 109 cm³/mol. The molecule has 0 radical (unpaired) electrons. The molecule has 0 spiro atoms. The van der Waals surface area contributed by atoms with E-state index in [1.807, 2.05) is 36.9 Å². The fraction of sp³-hybridized carbons (Fsp3) is 0.421. The molecule has 0 atom stereocenters. The minimum Gasteiger partial charge on any atom is -0.381 e. The van der Waals surface area contributed by atoms with E-state index in [1.165, 1.54) is 0 Å². The van der Waals surface area contributed by atoms with Crippen molar-refractivity contribution in [3.05, 3.63) is 46.1 Å². The second-order valence-corrected chi connectivity index (χ2v) is 7.61. The van der Waals surface area contributed by atoms with Crippen molar-refractivity contribution in [1.29, 1.82) is 0 Å². The molecule has 8 heteroatoms. The number of aromatic nitrogens is 3. The number of aryl methyl sites for hydroxylation is 1. The first-order chi connectivity index (χ1) is 12.7. The maximum atomic E-state index is 12.3. The topological polar surface area (TPSA) is 93.0 Å². The Kier molecular flexibility index (Phi) is 6.18. The number of nitrogens with zero attached hydrogens (tertiary/aromatic N) is 2. The van der Waals surface area contributed by atoms with E-state index in [0.29, 0.717) is 33.6 Å². The summed E-state index contributed by atoms with van der Waals surface area (Å²) in [7, 11) is 0. The van der Waals surface area contributed by atoms with Gasteiger partial charge in [-0.25, -0.2) is 4.98 Å². The highest BCUT2D eigenvalue weighted by Crippen LogP contribution is 2.25. The van der Waals surface area contributed by atoms with E-state index in [4.69, 9.17) is 9.26 Å². The number of nitrogens with one attached hydrogen (secondary N) is 2. The Bertz CT molecular complexity index is 963. The summed E-state index contributed by atoms with van der Waals surface area (Å²) in [5, 5.41) is 8.13. The van der Waals surface area contributed by atoms with Crippen LogP contribution in [0.1, 0.15) is 31.8 Å². The van der Waals surface area contributed by atoms with Crippen LogP contribution in [0.5, 0.6) is 0 Å². The number of H-pyrrole nitrogens is 1. The molecule has 3 aromatic rings. The summed E-state index contributed by atoms with van der Waals surface area (Å²) in [6, 6.07) is 7.26. The molecule has 4 rings (SSSR count). The zero-order valence-electron chi connectivity index (χ0n) is 14.4. The Balaban J connectivity index is 0.00000210. The number of benzene rings is 1. The maximum absolute atomic E-state index is 12.3. The molecule has 7 nitrogen and oxygen atoms in total. The molecule has 1 saturated heterocycles. The summed E-state index contributed by atoms with van der Waals surface area (Å²) in [6.07, 6.45) is 2.10. The van der Waals surface area contributed by atoms with Crippen LogP contribution in [0.15, 0.2) is 33.6 Å². The number of ether oxygens (including phenoxy) is 1. The normalized spacial score (nSPS) is 14.9. The molecule has 27 heavy (non-hydrogen) atoms. The number of thioether (sulfide) groups is 1. The van der Waals surface area contributed by atoms with Crippen LogP contribution in [0.3, 0.4) is 0 Å². The molecule has 3 heterocycles. The molecule has 1 aliphatic heterocycles. The minimum atomic E-state index is -0.111. The fourth-order valence-corrected chi connectivity index (χ4v) is 3.99.